The van der Waals surface area contributed by atoms with E-state index < -0.39 is 0 Å². The maximum Gasteiger partial charge on any atom is 0.164 e. The average Bonchev–Trinajstić information content (AvgIpc) is 3.92. The van der Waals surface area contributed by atoms with Crippen molar-refractivity contribution < 1.29 is 0 Å². The molecule has 2 aromatic heterocycles. The number of fused-ring (bicyclic) bond motifs is 2. The molecule has 0 aliphatic heterocycles. The van der Waals surface area contributed by atoms with E-state index in [-0.39, 0.29) is 0 Å². The van der Waals surface area contributed by atoms with Gasteiger partial charge in [0.1, 0.15) is 0 Å². The Balaban J connectivity index is 1.05. The summed E-state index contributed by atoms with van der Waals surface area (Å²) in [5, 5.41) is 0. The first-order valence-corrected chi connectivity index (χ1v) is 19.2. The zero-order valence-corrected chi connectivity index (χ0v) is 30.3. The molecule has 6 nitrogen and oxygen atoms in total. The first-order chi connectivity index (χ1) is 27.2. The minimum Gasteiger partial charge on any atom is -0.208 e. The normalized spacial score (nSPS) is 17.3. The van der Waals surface area contributed by atoms with Crippen molar-refractivity contribution in [2.24, 2.45) is 11.8 Å². The van der Waals surface area contributed by atoms with Crippen molar-refractivity contribution in [3.63, 3.8) is 0 Å². The van der Waals surface area contributed by atoms with Gasteiger partial charge in [-0.15, -0.1) is 0 Å². The number of hydrogen-bond donors (Lipinski definition) is 0. The van der Waals surface area contributed by atoms with Gasteiger partial charge in [0, 0.05) is 33.4 Å². The first kappa shape index (κ1) is 32.9. The first-order valence-electron chi connectivity index (χ1n) is 19.2. The molecule has 0 amide bonds. The molecular weight excluding hydrogens is 673 g/mol. The standard InChI is InChI=1S/C49H38N6/c1-4-12-33(13-5-1)38-18-10-19-40(30-38)47-52-45(36-16-8-3-9-17-36)53-49(55-47)42-21-11-20-41(31-42)48-51-44(35-14-6-2-7-15-35)50-46(54-48)37-26-24-34(25-27-37)43-29-32-22-23-39(43)28-32/h1-21,24-27,30-32,39,43H,22-23,28-29H2. The molecule has 0 radical (unpaired) electrons. The van der Waals surface area contributed by atoms with Crippen LogP contribution in [0.4, 0.5) is 0 Å². The Labute approximate surface area is 321 Å². The van der Waals surface area contributed by atoms with Gasteiger partial charge in [0.2, 0.25) is 0 Å². The second-order valence-electron chi connectivity index (χ2n) is 14.8. The van der Waals surface area contributed by atoms with Gasteiger partial charge < -0.3 is 0 Å². The maximum atomic E-state index is 5.09. The summed E-state index contributed by atoms with van der Waals surface area (Å²) in [7, 11) is 0. The van der Waals surface area contributed by atoms with Crippen LogP contribution < -0.4 is 0 Å². The Hall–Kier alpha value is -6.66. The third-order valence-corrected chi connectivity index (χ3v) is 11.3. The number of benzene rings is 6. The van der Waals surface area contributed by atoms with Gasteiger partial charge in [-0.3, -0.25) is 0 Å². The van der Waals surface area contributed by atoms with Crippen molar-refractivity contribution in [1.29, 1.82) is 0 Å². The van der Waals surface area contributed by atoms with Gasteiger partial charge in [-0.05, 0) is 65.8 Å². The molecule has 2 heterocycles. The van der Waals surface area contributed by atoms with Gasteiger partial charge in [-0.2, -0.15) is 0 Å². The predicted molar refractivity (Wildman–Crippen MR) is 219 cm³/mol. The predicted octanol–water partition coefficient (Wildman–Crippen LogP) is 11.6. The van der Waals surface area contributed by atoms with Gasteiger partial charge in [-0.25, -0.2) is 29.9 Å². The van der Waals surface area contributed by atoms with E-state index >= 15 is 0 Å². The van der Waals surface area contributed by atoms with Crippen LogP contribution in [0, 0.1) is 11.8 Å². The molecule has 2 bridgehead atoms. The van der Waals surface area contributed by atoms with Crippen LogP contribution >= 0.6 is 0 Å². The summed E-state index contributed by atoms with van der Waals surface area (Å²) in [6, 6.07) is 56.1. The van der Waals surface area contributed by atoms with Crippen LogP contribution in [0.3, 0.4) is 0 Å². The Kier molecular flexibility index (Phi) is 8.56. The summed E-state index contributed by atoms with van der Waals surface area (Å²) >= 11 is 0. The fraction of sp³-hybridized carbons (Fsp3) is 0.143. The summed E-state index contributed by atoms with van der Waals surface area (Å²) in [5.41, 5.74) is 9.14. The molecule has 2 aliphatic rings. The van der Waals surface area contributed by atoms with E-state index in [1.807, 2.05) is 84.9 Å². The van der Waals surface area contributed by atoms with E-state index in [9.17, 15) is 0 Å². The maximum absolute atomic E-state index is 5.09. The molecule has 10 rings (SSSR count). The van der Waals surface area contributed by atoms with Crippen molar-refractivity contribution in [2.45, 2.75) is 31.6 Å². The van der Waals surface area contributed by atoms with Crippen molar-refractivity contribution in [1.82, 2.24) is 29.9 Å². The van der Waals surface area contributed by atoms with E-state index in [2.05, 4.69) is 78.9 Å². The van der Waals surface area contributed by atoms with Crippen molar-refractivity contribution in [3.05, 3.63) is 169 Å². The highest BCUT2D eigenvalue weighted by atomic mass is 15.0. The number of rotatable bonds is 8. The lowest BCUT2D eigenvalue weighted by Gasteiger charge is -2.22. The molecular formula is C49H38N6. The third kappa shape index (κ3) is 6.72. The molecule has 0 spiro atoms. The molecule has 3 unspecified atom stereocenters. The molecule has 0 saturated heterocycles. The molecule has 6 aromatic carbocycles. The highest BCUT2D eigenvalue weighted by molar-refractivity contribution is 5.74. The van der Waals surface area contributed by atoms with Crippen molar-refractivity contribution in [2.75, 3.05) is 0 Å². The van der Waals surface area contributed by atoms with Crippen molar-refractivity contribution >= 4 is 0 Å². The summed E-state index contributed by atoms with van der Waals surface area (Å²) in [6.45, 7) is 0. The summed E-state index contributed by atoms with van der Waals surface area (Å²) in [4.78, 5) is 30.2. The van der Waals surface area contributed by atoms with E-state index in [1.165, 1.54) is 31.2 Å². The Bertz CT molecular complexity index is 2610. The van der Waals surface area contributed by atoms with Crippen LogP contribution in [0.5, 0.6) is 0 Å². The molecule has 0 N–H and O–H groups in total. The fourth-order valence-corrected chi connectivity index (χ4v) is 8.50. The van der Waals surface area contributed by atoms with Crippen LogP contribution in [0.25, 0.3) is 79.5 Å². The van der Waals surface area contributed by atoms with Gasteiger partial charge >= 0.3 is 0 Å². The zero-order chi connectivity index (χ0) is 36.6. The lowest BCUT2D eigenvalue weighted by atomic mass is 9.83. The lowest BCUT2D eigenvalue weighted by molar-refractivity contribution is 0.420. The SMILES string of the molecule is c1ccc(-c2cccc(-c3nc(-c4ccccc4)nc(-c4cccc(-c5nc(-c6ccccc6)nc(-c6ccc(C7CC8CCC7C8)cc6)n5)c4)n3)c2)cc1. The van der Waals surface area contributed by atoms with Crippen LogP contribution in [0.1, 0.15) is 37.2 Å². The monoisotopic (exact) mass is 710 g/mol. The van der Waals surface area contributed by atoms with Gasteiger partial charge in [-0.1, -0.05) is 158 Å². The minimum absolute atomic E-state index is 0.574. The second-order valence-corrected chi connectivity index (χ2v) is 14.8. The Morgan fingerprint density at radius 2 is 0.691 bits per heavy atom. The number of hydrogen-bond acceptors (Lipinski definition) is 6. The summed E-state index contributed by atoms with van der Waals surface area (Å²) in [5.74, 6) is 6.09. The fourth-order valence-electron chi connectivity index (χ4n) is 8.50. The second kappa shape index (κ2) is 14.3. The molecule has 3 atom stereocenters. The van der Waals surface area contributed by atoms with E-state index in [4.69, 9.17) is 29.9 Å². The van der Waals surface area contributed by atoms with Crippen LogP contribution in [-0.2, 0) is 0 Å². The largest absolute Gasteiger partial charge is 0.208 e. The van der Waals surface area contributed by atoms with Crippen LogP contribution in [0.15, 0.2) is 164 Å². The van der Waals surface area contributed by atoms with Gasteiger partial charge in [0.25, 0.3) is 0 Å². The number of nitrogens with zero attached hydrogens (tertiary/aromatic N) is 6. The zero-order valence-electron chi connectivity index (χ0n) is 30.3. The third-order valence-electron chi connectivity index (χ3n) is 11.3. The van der Waals surface area contributed by atoms with Gasteiger partial charge in [0.15, 0.2) is 34.9 Å². The van der Waals surface area contributed by atoms with E-state index in [0.717, 1.165) is 56.3 Å². The van der Waals surface area contributed by atoms with Crippen LogP contribution in [0.2, 0.25) is 0 Å². The molecule has 55 heavy (non-hydrogen) atoms. The van der Waals surface area contributed by atoms with Crippen molar-refractivity contribution in [3.8, 4) is 79.5 Å². The van der Waals surface area contributed by atoms with E-state index in [0.29, 0.717) is 40.9 Å². The van der Waals surface area contributed by atoms with E-state index in [1.54, 1.807) is 0 Å². The highest BCUT2D eigenvalue weighted by Gasteiger charge is 2.40. The molecule has 264 valence electrons. The quantitative estimate of drug-likeness (QED) is 0.156. The lowest BCUT2D eigenvalue weighted by Crippen LogP contribution is -2.08. The molecule has 6 heteroatoms. The average molecular weight is 711 g/mol. The number of aromatic nitrogens is 6. The topological polar surface area (TPSA) is 77.3 Å². The summed E-state index contributed by atoms with van der Waals surface area (Å²) in [6.07, 6.45) is 5.49. The molecule has 8 aromatic rings. The highest BCUT2D eigenvalue weighted by Crippen LogP contribution is 2.53. The molecule has 2 aliphatic carbocycles. The molecule has 2 fully saturated rings. The Morgan fingerprint density at radius 3 is 1.13 bits per heavy atom. The smallest absolute Gasteiger partial charge is 0.164 e. The summed E-state index contributed by atoms with van der Waals surface area (Å²) < 4.78 is 0. The van der Waals surface area contributed by atoms with Crippen LogP contribution in [-0.4, -0.2) is 29.9 Å². The molecule has 2 saturated carbocycles. The minimum atomic E-state index is 0.574. The van der Waals surface area contributed by atoms with Gasteiger partial charge in [0.05, 0.1) is 0 Å². The Morgan fingerprint density at radius 1 is 0.309 bits per heavy atom.